The van der Waals surface area contributed by atoms with Gasteiger partial charge in [0.25, 0.3) is 11.6 Å². The average molecular weight is 411 g/mol. The highest BCUT2D eigenvalue weighted by Gasteiger charge is 2.08. The second-order valence-corrected chi connectivity index (χ2v) is 7.35. The number of amides is 1. The van der Waals surface area contributed by atoms with E-state index >= 15 is 0 Å². The maximum Gasteiger partial charge on any atom is 0.272 e. The lowest BCUT2D eigenvalue weighted by molar-refractivity contribution is -0.384. The van der Waals surface area contributed by atoms with Crippen LogP contribution in [0.5, 0.6) is 0 Å². The van der Waals surface area contributed by atoms with Crippen molar-refractivity contribution in [3.8, 4) is 0 Å². The molecule has 1 heterocycles. The number of non-ortho nitro benzene ring substituents is 1. The second-order valence-electron chi connectivity index (χ2n) is 6.34. The number of rotatable bonds is 7. The van der Waals surface area contributed by atoms with Crippen molar-refractivity contribution >= 4 is 39.2 Å². The molecule has 0 unspecified atom stereocenters. The quantitative estimate of drug-likeness (QED) is 0.253. The summed E-state index contributed by atoms with van der Waals surface area (Å²) in [6.07, 6.45) is 2.96. The molecule has 0 saturated carbocycles. The molecule has 29 heavy (non-hydrogen) atoms. The van der Waals surface area contributed by atoms with Gasteiger partial charge in [-0.2, -0.15) is 4.99 Å². The molecular weight excluding hydrogens is 390 g/mol. The number of ether oxygens (including phenoxy) is 1. The Labute approximate surface area is 171 Å². The monoisotopic (exact) mass is 411 g/mol. The van der Waals surface area contributed by atoms with Crippen molar-refractivity contribution in [2.75, 3.05) is 13.2 Å². The molecule has 0 fully saturated rings. The molecule has 7 nitrogen and oxygen atoms in total. The third-order valence-electron chi connectivity index (χ3n) is 4.23. The fourth-order valence-electron chi connectivity index (χ4n) is 2.79. The van der Waals surface area contributed by atoms with Gasteiger partial charge in [0.1, 0.15) is 0 Å². The summed E-state index contributed by atoms with van der Waals surface area (Å²) in [6, 6.07) is 12.1. The number of hydrogen-bond donors (Lipinski definition) is 0. The number of aromatic nitrogens is 1. The van der Waals surface area contributed by atoms with Crippen molar-refractivity contribution in [2.45, 2.75) is 20.4 Å². The van der Waals surface area contributed by atoms with Gasteiger partial charge in [-0.1, -0.05) is 17.4 Å². The lowest BCUT2D eigenvalue weighted by Gasteiger charge is -2.05. The number of aryl methyl sites for hydroxylation is 1. The summed E-state index contributed by atoms with van der Waals surface area (Å²) in [6.45, 7) is 5.74. The van der Waals surface area contributed by atoms with Crippen LogP contribution >= 0.6 is 11.3 Å². The predicted molar refractivity (Wildman–Crippen MR) is 114 cm³/mol. The third-order valence-corrected chi connectivity index (χ3v) is 5.27. The van der Waals surface area contributed by atoms with Crippen LogP contribution < -0.4 is 4.80 Å². The molecule has 3 aromatic rings. The van der Waals surface area contributed by atoms with Gasteiger partial charge >= 0.3 is 0 Å². The molecular formula is C21H21N3O4S. The number of nitro groups is 1. The number of benzene rings is 2. The minimum atomic E-state index is -0.460. The van der Waals surface area contributed by atoms with Crippen LogP contribution in [0, 0.1) is 17.0 Å². The fourth-order valence-corrected chi connectivity index (χ4v) is 3.95. The number of thiazole rings is 1. The topological polar surface area (TPSA) is 86.7 Å². The van der Waals surface area contributed by atoms with E-state index in [0.717, 1.165) is 15.8 Å². The van der Waals surface area contributed by atoms with Crippen molar-refractivity contribution < 1.29 is 14.5 Å². The van der Waals surface area contributed by atoms with Gasteiger partial charge in [-0.25, -0.2) is 0 Å². The highest BCUT2D eigenvalue weighted by Crippen LogP contribution is 2.19. The first-order chi connectivity index (χ1) is 14.0. The van der Waals surface area contributed by atoms with Gasteiger partial charge in [0.05, 0.1) is 21.7 Å². The summed E-state index contributed by atoms with van der Waals surface area (Å²) in [7, 11) is 0. The van der Waals surface area contributed by atoms with Crippen molar-refractivity contribution in [1.82, 2.24) is 4.57 Å². The lowest BCUT2D eigenvalue weighted by Crippen LogP contribution is -2.19. The molecule has 0 bridgehead atoms. The van der Waals surface area contributed by atoms with Crippen LogP contribution in [0.15, 0.2) is 53.5 Å². The SMILES string of the molecule is CCOCCn1c(=NC(=O)/C=C\c2ccc([N+](=O)[O-])cc2)sc2cc(C)ccc21. The Bertz CT molecular complexity index is 1130. The first kappa shape index (κ1) is 20.6. The molecule has 150 valence electrons. The van der Waals surface area contributed by atoms with Crippen LogP contribution in [0.3, 0.4) is 0 Å². The molecule has 0 spiro atoms. The van der Waals surface area contributed by atoms with Gasteiger partial charge in [-0.3, -0.25) is 14.9 Å². The Hall–Kier alpha value is -3.10. The van der Waals surface area contributed by atoms with Gasteiger partial charge in [-0.05, 0) is 55.3 Å². The zero-order valence-electron chi connectivity index (χ0n) is 16.2. The number of carbonyl (C=O) groups excluding carboxylic acids is 1. The number of carbonyl (C=O) groups is 1. The van der Waals surface area contributed by atoms with Crippen LogP contribution in [0.1, 0.15) is 18.1 Å². The molecule has 3 rings (SSSR count). The lowest BCUT2D eigenvalue weighted by atomic mass is 10.2. The third kappa shape index (κ3) is 5.24. The number of nitrogens with zero attached hydrogens (tertiary/aromatic N) is 3. The van der Waals surface area contributed by atoms with E-state index in [-0.39, 0.29) is 5.69 Å². The summed E-state index contributed by atoms with van der Waals surface area (Å²) in [4.78, 5) is 27.5. The van der Waals surface area contributed by atoms with E-state index in [2.05, 4.69) is 11.1 Å². The van der Waals surface area contributed by atoms with Crippen molar-refractivity contribution in [3.05, 3.63) is 74.6 Å². The van der Waals surface area contributed by atoms with Crippen molar-refractivity contribution in [1.29, 1.82) is 0 Å². The normalized spacial score (nSPS) is 12.1. The van der Waals surface area contributed by atoms with E-state index in [4.69, 9.17) is 4.74 Å². The van der Waals surface area contributed by atoms with E-state index < -0.39 is 10.8 Å². The smallest absolute Gasteiger partial charge is 0.272 e. The standard InChI is InChI=1S/C21H21N3O4S/c1-3-28-13-12-23-18-10-4-15(2)14-19(18)29-21(23)22-20(25)11-7-16-5-8-17(9-6-16)24(26)27/h4-11,14H,3,12-13H2,1-2H3/b11-7-,22-21?. The van der Waals surface area contributed by atoms with Crippen LogP contribution in [0.4, 0.5) is 5.69 Å². The Morgan fingerprint density at radius 1 is 1.28 bits per heavy atom. The van der Waals surface area contributed by atoms with Gasteiger partial charge in [0, 0.05) is 31.4 Å². The van der Waals surface area contributed by atoms with Gasteiger partial charge in [0.2, 0.25) is 0 Å². The Morgan fingerprint density at radius 3 is 2.72 bits per heavy atom. The Morgan fingerprint density at radius 2 is 2.03 bits per heavy atom. The van der Waals surface area contributed by atoms with E-state index in [0.29, 0.717) is 30.1 Å². The second kappa shape index (κ2) is 9.40. The molecule has 1 amide bonds. The maximum absolute atomic E-state index is 12.4. The highest BCUT2D eigenvalue weighted by molar-refractivity contribution is 7.16. The molecule has 2 aromatic carbocycles. The Kier molecular flexibility index (Phi) is 6.69. The minimum absolute atomic E-state index is 0.00840. The minimum Gasteiger partial charge on any atom is -0.380 e. The zero-order valence-corrected chi connectivity index (χ0v) is 17.0. The van der Waals surface area contributed by atoms with E-state index in [1.165, 1.54) is 29.5 Å². The van der Waals surface area contributed by atoms with Crippen LogP contribution in [-0.4, -0.2) is 28.6 Å². The first-order valence-corrected chi connectivity index (χ1v) is 9.98. The average Bonchev–Trinajstić information content (AvgIpc) is 3.03. The molecule has 1 aromatic heterocycles. The highest BCUT2D eigenvalue weighted by atomic mass is 32.1. The maximum atomic E-state index is 12.4. The van der Waals surface area contributed by atoms with E-state index in [9.17, 15) is 14.9 Å². The summed E-state index contributed by atoms with van der Waals surface area (Å²) in [5.41, 5.74) is 2.86. The molecule has 0 saturated heterocycles. The molecule has 0 N–H and O–H groups in total. The van der Waals surface area contributed by atoms with Gasteiger partial charge < -0.3 is 9.30 Å². The zero-order chi connectivity index (χ0) is 20.8. The van der Waals surface area contributed by atoms with Crippen LogP contribution in [0.2, 0.25) is 0 Å². The summed E-state index contributed by atoms with van der Waals surface area (Å²) >= 11 is 1.46. The van der Waals surface area contributed by atoms with E-state index in [1.807, 2.05) is 30.5 Å². The van der Waals surface area contributed by atoms with Crippen molar-refractivity contribution in [2.24, 2.45) is 4.99 Å². The molecule has 8 heteroatoms. The van der Waals surface area contributed by atoms with Gasteiger partial charge in [-0.15, -0.1) is 0 Å². The molecule has 0 aliphatic heterocycles. The number of hydrogen-bond acceptors (Lipinski definition) is 5. The van der Waals surface area contributed by atoms with Gasteiger partial charge in [0.15, 0.2) is 4.80 Å². The summed E-state index contributed by atoms with van der Waals surface area (Å²) in [5, 5.41) is 10.7. The van der Waals surface area contributed by atoms with Crippen LogP contribution in [-0.2, 0) is 16.1 Å². The molecule has 0 aliphatic rings. The molecule has 0 radical (unpaired) electrons. The summed E-state index contributed by atoms with van der Waals surface area (Å²) < 4.78 is 8.52. The molecule has 0 aliphatic carbocycles. The van der Waals surface area contributed by atoms with E-state index in [1.54, 1.807) is 18.2 Å². The first-order valence-electron chi connectivity index (χ1n) is 9.17. The van der Waals surface area contributed by atoms with Crippen molar-refractivity contribution in [3.63, 3.8) is 0 Å². The Balaban J connectivity index is 1.88. The largest absolute Gasteiger partial charge is 0.380 e. The predicted octanol–water partition coefficient (Wildman–Crippen LogP) is 4.10. The number of nitro benzene ring substituents is 1. The summed E-state index contributed by atoms with van der Waals surface area (Å²) in [5.74, 6) is -0.392. The molecule has 0 atom stereocenters. The fraction of sp³-hybridized carbons (Fsp3) is 0.238. The number of fused-ring (bicyclic) bond motifs is 1. The van der Waals surface area contributed by atoms with Crippen LogP contribution in [0.25, 0.3) is 16.3 Å².